The van der Waals surface area contributed by atoms with Crippen LogP contribution in [0.2, 0.25) is 0 Å². The molecule has 0 aliphatic carbocycles. The normalized spacial score (nSPS) is 12.5. The molecule has 0 aromatic heterocycles. The number of ether oxygens (including phenoxy) is 2. The summed E-state index contributed by atoms with van der Waals surface area (Å²) in [4.78, 5) is 33.8. The number of carbonyl (C=O) groups is 3. The van der Waals surface area contributed by atoms with Gasteiger partial charge in [0.15, 0.2) is 0 Å². The maximum Gasteiger partial charge on any atom is 0.408 e. The first kappa shape index (κ1) is 16.4. The fraction of sp³-hybridized carbons (Fsp3) is 0.750. The molecule has 0 aliphatic rings. The fourth-order valence-electron chi connectivity index (χ4n) is 1.19. The number of ketones is 1. The summed E-state index contributed by atoms with van der Waals surface area (Å²) in [6.45, 7) is 6.57. The zero-order chi connectivity index (χ0) is 14.3. The largest absolute Gasteiger partial charge is 0.467 e. The third kappa shape index (κ3) is 7.65. The Bertz CT molecular complexity index is 319. The lowest BCUT2D eigenvalue weighted by molar-refractivity contribution is -0.143. The Morgan fingerprint density at radius 3 is 2.17 bits per heavy atom. The van der Waals surface area contributed by atoms with Gasteiger partial charge in [0.25, 0.3) is 0 Å². The Hall–Kier alpha value is -1.59. The summed E-state index contributed by atoms with van der Waals surface area (Å²) < 4.78 is 9.58. The molecule has 0 saturated heterocycles. The number of methoxy groups -OCH3 is 1. The van der Waals surface area contributed by atoms with Gasteiger partial charge in [-0.15, -0.1) is 0 Å². The Balaban J connectivity index is 4.45. The molecule has 0 heterocycles. The van der Waals surface area contributed by atoms with E-state index >= 15 is 0 Å². The predicted octanol–water partition coefficient (Wildman–Crippen LogP) is 1.42. The Labute approximate surface area is 107 Å². The predicted molar refractivity (Wildman–Crippen MR) is 65.1 cm³/mol. The second-order valence-corrected chi connectivity index (χ2v) is 4.96. The van der Waals surface area contributed by atoms with Gasteiger partial charge in [0.1, 0.15) is 17.4 Å². The van der Waals surface area contributed by atoms with Crippen LogP contribution in [0.4, 0.5) is 4.79 Å². The van der Waals surface area contributed by atoms with Crippen LogP contribution in [0.5, 0.6) is 0 Å². The molecule has 0 rings (SSSR count). The van der Waals surface area contributed by atoms with Crippen LogP contribution < -0.4 is 5.32 Å². The van der Waals surface area contributed by atoms with Crippen molar-refractivity contribution in [2.45, 2.75) is 52.2 Å². The summed E-state index contributed by atoms with van der Waals surface area (Å²) in [5, 5.41) is 2.39. The van der Waals surface area contributed by atoms with E-state index in [2.05, 4.69) is 10.1 Å². The van der Waals surface area contributed by atoms with E-state index in [0.717, 1.165) is 0 Å². The summed E-state index contributed by atoms with van der Waals surface area (Å²) in [6.07, 6.45) is -0.321. The topological polar surface area (TPSA) is 81.7 Å². The van der Waals surface area contributed by atoms with Gasteiger partial charge in [-0.05, 0) is 34.1 Å². The van der Waals surface area contributed by atoms with Crippen LogP contribution in [0.3, 0.4) is 0 Å². The van der Waals surface area contributed by atoms with E-state index in [4.69, 9.17) is 4.74 Å². The Morgan fingerprint density at radius 1 is 1.22 bits per heavy atom. The molecule has 1 atom stereocenters. The van der Waals surface area contributed by atoms with Crippen molar-refractivity contribution in [1.29, 1.82) is 0 Å². The van der Waals surface area contributed by atoms with Crippen molar-refractivity contribution in [3.05, 3.63) is 0 Å². The highest BCUT2D eigenvalue weighted by Crippen LogP contribution is 2.08. The van der Waals surface area contributed by atoms with Crippen molar-refractivity contribution in [2.75, 3.05) is 7.11 Å². The summed E-state index contributed by atoms with van der Waals surface area (Å²) in [7, 11) is 1.22. The fourth-order valence-corrected chi connectivity index (χ4v) is 1.19. The second kappa shape index (κ2) is 6.98. The maximum atomic E-state index is 11.5. The molecule has 0 aliphatic heterocycles. The van der Waals surface area contributed by atoms with Gasteiger partial charge in [-0.3, -0.25) is 0 Å². The molecule has 0 aromatic carbocycles. The van der Waals surface area contributed by atoms with Gasteiger partial charge >= 0.3 is 12.1 Å². The van der Waals surface area contributed by atoms with Crippen molar-refractivity contribution < 1.29 is 23.9 Å². The number of rotatable bonds is 5. The number of alkyl carbamates (subject to hydrolysis) is 1. The third-order valence-corrected chi connectivity index (χ3v) is 1.96. The SMILES string of the molecule is COC(=O)[C@@H](CCC(C)=O)NC(=O)OC(C)(C)C. The van der Waals surface area contributed by atoms with E-state index in [0.29, 0.717) is 0 Å². The first-order valence-corrected chi connectivity index (χ1v) is 5.72. The molecule has 0 unspecified atom stereocenters. The molecule has 6 heteroatoms. The third-order valence-electron chi connectivity index (χ3n) is 1.96. The quantitative estimate of drug-likeness (QED) is 0.755. The minimum absolute atomic E-state index is 0.0603. The number of esters is 1. The van der Waals surface area contributed by atoms with E-state index in [1.165, 1.54) is 14.0 Å². The average Bonchev–Trinajstić information content (AvgIpc) is 2.20. The molecular weight excluding hydrogens is 238 g/mol. The van der Waals surface area contributed by atoms with Gasteiger partial charge in [-0.25, -0.2) is 9.59 Å². The van der Waals surface area contributed by atoms with Crippen LogP contribution in [0.1, 0.15) is 40.5 Å². The molecular formula is C12H21NO5. The van der Waals surface area contributed by atoms with Crippen LogP contribution in [-0.4, -0.2) is 36.6 Å². The number of hydrogen-bond acceptors (Lipinski definition) is 5. The van der Waals surface area contributed by atoms with Gasteiger partial charge < -0.3 is 19.6 Å². The van der Waals surface area contributed by atoms with E-state index in [9.17, 15) is 14.4 Å². The van der Waals surface area contributed by atoms with Crippen LogP contribution >= 0.6 is 0 Å². The molecule has 0 radical (unpaired) electrons. The maximum absolute atomic E-state index is 11.5. The molecule has 0 saturated carbocycles. The number of amides is 1. The van der Waals surface area contributed by atoms with Crippen LogP contribution in [0.15, 0.2) is 0 Å². The molecule has 6 nitrogen and oxygen atoms in total. The van der Waals surface area contributed by atoms with Gasteiger partial charge in [0, 0.05) is 6.42 Å². The summed E-state index contributed by atoms with van der Waals surface area (Å²) in [5.41, 5.74) is -0.647. The van der Waals surface area contributed by atoms with Crippen LogP contribution in [0.25, 0.3) is 0 Å². The van der Waals surface area contributed by atoms with Crippen molar-refractivity contribution >= 4 is 17.8 Å². The lowest BCUT2D eigenvalue weighted by Crippen LogP contribution is -2.44. The average molecular weight is 259 g/mol. The van der Waals surface area contributed by atoms with Gasteiger partial charge in [0.05, 0.1) is 7.11 Å². The molecule has 18 heavy (non-hydrogen) atoms. The second-order valence-electron chi connectivity index (χ2n) is 4.96. The summed E-state index contributed by atoms with van der Waals surface area (Å²) in [5.74, 6) is -0.656. The monoisotopic (exact) mass is 259 g/mol. The Morgan fingerprint density at radius 2 is 1.78 bits per heavy atom. The summed E-state index contributed by atoms with van der Waals surface area (Å²) >= 11 is 0. The molecule has 1 N–H and O–H groups in total. The van der Waals surface area contributed by atoms with E-state index < -0.39 is 23.7 Å². The van der Waals surface area contributed by atoms with E-state index in [1.54, 1.807) is 20.8 Å². The van der Waals surface area contributed by atoms with E-state index in [1.807, 2.05) is 0 Å². The number of carbonyl (C=O) groups excluding carboxylic acids is 3. The standard InChI is InChI=1S/C12H21NO5/c1-8(14)6-7-9(10(15)17-5)13-11(16)18-12(2,3)4/h9H,6-7H2,1-5H3,(H,13,16)/t9-/m1/s1. The van der Waals surface area contributed by atoms with E-state index in [-0.39, 0.29) is 18.6 Å². The zero-order valence-electron chi connectivity index (χ0n) is 11.5. The van der Waals surface area contributed by atoms with Gasteiger partial charge in [0.2, 0.25) is 0 Å². The lowest BCUT2D eigenvalue weighted by atomic mass is 10.1. The first-order valence-electron chi connectivity index (χ1n) is 5.72. The molecule has 104 valence electrons. The number of hydrogen-bond donors (Lipinski definition) is 1. The number of nitrogens with one attached hydrogen (secondary N) is 1. The minimum Gasteiger partial charge on any atom is -0.467 e. The van der Waals surface area contributed by atoms with Gasteiger partial charge in [-0.1, -0.05) is 0 Å². The molecule has 0 aromatic rings. The molecule has 0 bridgehead atoms. The highest BCUT2D eigenvalue weighted by Gasteiger charge is 2.24. The van der Waals surface area contributed by atoms with Crippen molar-refractivity contribution in [2.24, 2.45) is 0 Å². The highest BCUT2D eigenvalue weighted by molar-refractivity contribution is 5.82. The first-order chi connectivity index (χ1) is 8.15. The smallest absolute Gasteiger partial charge is 0.408 e. The summed E-state index contributed by atoms with van der Waals surface area (Å²) in [6, 6.07) is -0.867. The van der Waals surface area contributed by atoms with Crippen molar-refractivity contribution in [1.82, 2.24) is 5.32 Å². The van der Waals surface area contributed by atoms with Crippen molar-refractivity contribution in [3.8, 4) is 0 Å². The van der Waals surface area contributed by atoms with Gasteiger partial charge in [-0.2, -0.15) is 0 Å². The lowest BCUT2D eigenvalue weighted by Gasteiger charge is -2.22. The Kier molecular flexibility index (Phi) is 6.36. The number of Topliss-reactive ketones (excluding diaryl/α,β-unsaturated/α-hetero) is 1. The highest BCUT2D eigenvalue weighted by atomic mass is 16.6. The molecule has 1 amide bonds. The minimum atomic E-state index is -0.867. The zero-order valence-corrected chi connectivity index (χ0v) is 11.5. The van der Waals surface area contributed by atoms with Crippen molar-refractivity contribution in [3.63, 3.8) is 0 Å². The van der Waals surface area contributed by atoms with Crippen LogP contribution in [0, 0.1) is 0 Å². The van der Waals surface area contributed by atoms with Crippen LogP contribution in [-0.2, 0) is 19.1 Å². The molecule has 0 fully saturated rings. The molecule has 0 spiro atoms.